The number of rotatable bonds is 6. The molecule has 0 N–H and O–H groups in total. The maximum atomic E-state index is 13.3. The van der Waals surface area contributed by atoms with Gasteiger partial charge < -0.3 is 4.74 Å². The number of nitrogens with zero attached hydrogens (tertiary/aromatic N) is 2. The van der Waals surface area contributed by atoms with E-state index in [9.17, 15) is 9.18 Å². The van der Waals surface area contributed by atoms with Gasteiger partial charge in [0.1, 0.15) is 11.5 Å². The van der Waals surface area contributed by atoms with Crippen molar-refractivity contribution in [3.8, 4) is 0 Å². The lowest BCUT2D eigenvalue weighted by Gasteiger charge is -2.18. The van der Waals surface area contributed by atoms with Crippen molar-refractivity contribution in [1.82, 2.24) is 0 Å². The van der Waals surface area contributed by atoms with Crippen LogP contribution in [0.5, 0.6) is 0 Å². The second-order valence-corrected chi connectivity index (χ2v) is 7.28. The Labute approximate surface area is 162 Å². The Morgan fingerprint density at radius 2 is 1.85 bits per heavy atom. The summed E-state index contributed by atoms with van der Waals surface area (Å²) in [5.74, 6) is 0.0975. The van der Waals surface area contributed by atoms with Crippen LogP contribution < -0.4 is 4.90 Å². The van der Waals surface area contributed by atoms with Gasteiger partial charge in [0.05, 0.1) is 18.4 Å². The number of carbonyl (C=O) groups excluding carboxylic acids is 1. The minimum atomic E-state index is -0.345. The Balaban J connectivity index is 1.85. The predicted molar refractivity (Wildman–Crippen MR) is 109 cm³/mol. The summed E-state index contributed by atoms with van der Waals surface area (Å²) in [7, 11) is 0. The predicted octanol–water partition coefficient (Wildman–Crippen LogP) is 4.73. The number of amides is 1. The van der Waals surface area contributed by atoms with Crippen LogP contribution in [0.4, 0.5) is 10.1 Å². The zero-order chi connectivity index (χ0) is 19.2. The highest BCUT2D eigenvalue weighted by atomic mass is 32.2. The second-order valence-electron chi connectivity index (χ2n) is 6.22. The summed E-state index contributed by atoms with van der Waals surface area (Å²) in [6.07, 6.45) is 1.91. The lowest BCUT2D eigenvalue weighted by molar-refractivity contribution is -0.113. The van der Waals surface area contributed by atoms with Crippen molar-refractivity contribution in [2.45, 2.75) is 20.0 Å². The van der Waals surface area contributed by atoms with E-state index in [-0.39, 0.29) is 17.8 Å². The van der Waals surface area contributed by atoms with Crippen LogP contribution in [0.3, 0.4) is 0 Å². The molecule has 0 unspecified atom stereocenters. The average Bonchev–Trinajstić information content (AvgIpc) is 2.96. The Morgan fingerprint density at radius 3 is 2.52 bits per heavy atom. The number of thioether (sulfide) groups is 1. The SMILES string of the molecule is CC(C)OCCSC1=N/C(=C\c2ccccc2)C(=O)N1c1ccc(F)cc1. The summed E-state index contributed by atoms with van der Waals surface area (Å²) in [5, 5.41) is 0.571. The Bertz CT molecular complexity index is 848. The van der Waals surface area contributed by atoms with Gasteiger partial charge in [0.2, 0.25) is 0 Å². The molecular weight excluding hydrogens is 363 g/mol. The van der Waals surface area contributed by atoms with E-state index in [0.29, 0.717) is 28.9 Å². The van der Waals surface area contributed by atoms with Crippen LogP contribution >= 0.6 is 11.8 Å². The van der Waals surface area contributed by atoms with Gasteiger partial charge in [0.15, 0.2) is 5.17 Å². The summed E-state index contributed by atoms with van der Waals surface area (Å²) in [6.45, 7) is 4.52. The number of benzene rings is 2. The molecule has 2 aromatic carbocycles. The summed E-state index contributed by atoms with van der Waals surface area (Å²) in [5.41, 5.74) is 1.85. The molecule has 3 rings (SSSR count). The number of carbonyl (C=O) groups is 1. The van der Waals surface area contributed by atoms with E-state index in [4.69, 9.17) is 4.74 Å². The standard InChI is InChI=1S/C21H21FN2O2S/c1-15(2)26-12-13-27-21-23-19(14-16-6-4-3-5-7-16)20(25)24(21)18-10-8-17(22)9-11-18/h3-11,14-15H,12-13H2,1-2H3/b19-14-. The van der Waals surface area contributed by atoms with Gasteiger partial charge in [-0.1, -0.05) is 42.1 Å². The lowest BCUT2D eigenvalue weighted by atomic mass is 10.2. The van der Waals surface area contributed by atoms with Crippen molar-refractivity contribution < 1.29 is 13.9 Å². The van der Waals surface area contributed by atoms with Crippen LogP contribution in [0.25, 0.3) is 6.08 Å². The van der Waals surface area contributed by atoms with Crippen LogP contribution in [0.2, 0.25) is 0 Å². The van der Waals surface area contributed by atoms with Gasteiger partial charge in [-0.3, -0.25) is 9.69 Å². The highest BCUT2D eigenvalue weighted by Crippen LogP contribution is 2.29. The summed E-state index contributed by atoms with van der Waals surface area (Å²) < 4.78 is 18.9. The fourth-order valence-electron chi connectivity index (χ4n) is 2.53. The minimum absolute atomic E-state index is 0.152. The molecule has 0 aliphatic carbocycles. The van der Waals surface area contributed by atoms with Crippen molar-refractivity contribution in [2.24, 2.45) is 4.99 Å². The van der Waals surface area contributed by atoms with Gasteiger partial charge in [0.25, 0.3) is 5.91 Å². The molecule has 6 heteroatoms. The molecule has 1 amide bonds. The zero-order valence-corrected chi connectivity index (χ0v) is 16.1. The van der Waals surface area contributed by atoms with E-state index in [1.807, 2.05) is 44.2 Å². The van der Waals surface area contributed by atoms with Gasteiger partial charge in [0, 0.05) is 5.75 Å². The number of hydrogen-bond donors (Lipinski definition) is 0. The fourth-order valence-corrected chi connectivity index (χ4v) is 3.38. The third kappa shape index (κ3) is 5.05. The first-order chi connectivity index (χ1) is 13.0. The molecule has 27 heavy (non-hydrogen) atoms. The molecule has 0 aromatic heterocycles. The molecule has 0 saturated heterocycles. The van der Waals surface area contributed by atoms with Crippen LogP contribution in [0.1, 0.15) is 19.4 Å². The monoisotopic (exact) mass is 384 g/mol. The first kappa shape index (κ1) is 19.3. The average molecular weight is 384 g/mol. The molecule has 140 valence electrons. The number of aliphatic imine (C=N–C) groups is 1. The maximum Gasteiger partial charge on any atom is 0.283 e. The first-order valence-corrected chi connectivity index (χ1v) is 9.73. The molecule has 1 heterocycles. The molecule has 0 saturated carbocycles. The Hall–Kier alpha value is -2.44. The molecule has 0 bridgehead atoms. The van der Waals surface area contributed by atoms with Crippen molar-refractivity contribution in [1.29, 1.82) is 0 Å². The maximum absolute atomic E-state index is 13.3. The van der Waals surface area contributed by atoms with E-state index in [2.05, 4.69) is 4.99 Å². The van der Waals surface area contributed by atoms with Crippen LogP contribution in [0, 0.1) is 5.82 Å². The molecule has 4 nitrogen and oxygen atoms in total. The summed E-state index contributed by atoms with van der Waals surface area (Å²) >= 11 is 1.45. The number of halogens is 1. The summed E-state index contributed by atoms with van der Waals surface area (Å²) in [4.78, 5) is 19.0. The number of hydrogen-bond acceptors (Lipinski definition) is 4. The zero-order valence-electron chi connectivity index (χ0n) is 15.3. The van der Waals surface area contributed by atoms with E-state index < -0.39 is 0 Å². The van der Waals surface area contributed by atoms with E-state index in [1.165, 1.54) is 28.8 Å². The third-order valence-electron chi connectivity index (χ3n) is 3.78. The minimum Gasteiger partial charge on any atom is -0.378 e. The largest absolute Gasteiger partial charge is 0.378 e. The van der Waals surface area contributed by atoms with E-state index >= 15 is 0 Å². The fraction of sp³-hybridized carbons (Fsp3) is 0.238. The van der Waals surface area contributed by atoms with Gasteiger partial charge >= 0.3 is 0 Å². The second kappa shape index (κ2) is 8.97. The van der Waals surface area contributed by atoms with Gasteiger partial charge in [-0.25, -0.2) is 9.38 Å². The molecule has 0 fully saturated rings. The van der Waals surface area contributed by atoms with Gasteiger partial charge in [-0.15, -0.1) is 0 Å². The van der Waals surface area contributed by atoms with Crippen molar-refractivity contribution >= 4 is 34.6 Å². The molecular formula is C21H21FN2O2S. The molecule has 2 aromatic rings. The molecule has 1 aliphatic heterocycles. The topological polar surface area (TPSA) is 41.9 Å². The molecule has 0 atom stereocenters. The molecule has 1 aliphatic rings. The highest BCUT2D eigenvalue weighted by molar-refractivity contribution is 8.14. The van der Waals surface area contributed by atoms with Crippen molar-refractivity contribution in [3.05, 3.63) is 71.7 Å². The van der Waals surface area contributed by atoms with Crippen LogP contribution in [0.15, 0.2) is 65.3 Å². The normalized spacial score (nSPS) is 15.7. The summed E-state index contributed by atoms with van der Waals surface area (Å²) in [6, 6.07) is 15.4. The number of amidine groups is 1. The van der Waals surface area contributed by atoms with E-state index in [0.717, 1.165) is 5.56 Å². The number of anilines is 1. The van der Waals surface area contributed by atoms with Gasteiger partial charge in [-0.05, 0) is 49.8 Å². The Morgan fingerprint density at radius 1 is 1.15 bits per heavy atom. The van der Waals surface area contributed by atoms with Gasteiger partial charge in [-0.2, -0.15) is 0 Å². The van der Waals surface area contributed by atoms with Crippen molar-refractivity contribution in [2.75, 3.05) is 17.3 Å². The van der Waals surface area contributed by atoms with Crippen LogP contribution in [-0.4, -0.2) is 29.5 Å². The first-order valence-electron chi connectivity index (χ1n) is 8.74. The molecule has 0 radical (unpaired) electrons. The molecule has 0 spiro atoms. The lowest BCUT2D eigenvalue weighted by Crippen LogP contribution is -2.30. The highest BCUT2D eigenvalue weighted by Gasteiger charge is 2.31. The third-order valence-corrected chi connectivity index (χ3v) is 4.69. The van der Waals surface area contributed by atoms with Crippen LogP contribution in [-0.2, 0) is 9.53 Å². The van der Waals surface area contributed by atoms with Crippen molar-refractivity contribution in [3.63, 3.8) is 0 Å². The van der Waals surface area contributed by atoms with E-state index in [1.54, 1.807) is 18.2 Å². The number of ether oxygens (including phenoxy) is 1. The Kier molecular flexibility index (Phi) is 6.42. The smallest absolute Gasteiger partial charge is 0.283 e. The quantitative estimate of drug-likeness (QED) is 0.534.